The summed E-state index contributed by atoms with van der Waals surface area (Å²) in [5, 5.41) is 8.89. The van der Waals surface area contributed by atoms with E-state index in [4.69, 9.17) is 9.84 Å². The van der Waals surface area contributed by atoms with Crippen LogP contribution in [0.2, 0.25) is 0 Å². The first-order valence-corrected chi connectivity index (χ1v) is 10.3. The van der Waals surface area contributed by atoms with Gasteiger partial charge in [0.1, 0.15) is 0 Å². The molecule has 1 saturated heterocycles. The van der Waals surface area contributed by atoms with Crippen LogP contribution in [0.3, 0.4) is 0 Å². The number of rotatable bonds is 8. The highest BCUT2D eigenvalue weighted by Crippen LogP contribution is 2.23. The van der Waals surface area contributed by atoms with Crippen LogP contribution in [0.15, 0.2) is 29.2 Å². The Morgan fingerprint density at radius 2 is 1.96 bits per heavy atom. The molecule has 0 unspecified atom stereocenters. The molecule has 0 radical (unpaired) electrons. The quantitative estimate of drug-likeness (QED) is 0.651. The van der Waals surface area contributed by atoms with Crippen molar-refractivity contribution in [2.75, 3.05) is 33.3 Å². The summed E-state index contributed by atoms with van der Waals surface area (Å²) >= 11 is 0. The molecular weight excluding hydrogens is 372 g/mol. The normalized spacial score (nSPS) is 16.4. The lowest BCUT2D eigenvalue weighted by Crippen LogP contribution is -2.46. The van der Waals surface area contributed by atoms with Crippen molar-refractivity contribution in [3.8, 4) is 0 Å². The van der Waals surface area contributed by atoms with Gasteiger partial charge in [-0.15, -0.1) is 0 Å². The number of carbonyl (C=O) groups is 2. The largest absolute Gasteiger partial charge is 0.480 e. The molecule has 1 heterocycles. The lowest BCUT2D eigenvalue weighted by atomic mass is 10.1. The molecule has 150 valence electrons. The van der Waals surface area contributed by atoms with Crippen molar-refractivity contribution >= 4 is 22.0 Å². The Balaban J connectivity index is 2.04. The monoisotopic (exact) mass is 398 g/mol. The van der Waals surface area contributed by atoms with Crippen LogP contribution in [-0.4, -0.2) is 74.0 Å². The van der Waals surface area contributed by atoms with Crippen LogP contribution >= 0.6 is 0 Å². The second-order valence-corrected chi connectivity index (χ2v) is 8.51. The first-order chi connectivity index (χ1) is 12.7. The molecule has 0 aliphatic carbocycles. The fourth-order valence-corrected chi connectivity index (χ4v) is 4.75. The number of carbonyl (C=O) groups excluding carboxylic acids is 1. The maximum atomic E-state index is 12.9. The summed E-state index contributed by atoms with van der Waals surface area (Å²) in [6.07, 6.45) is 1.18. The molecule has 0 amide bonds. The van der Waals surface area contributed by atoms with E-state index in [9.17, 15) is 18.0 Å². The van der Waals surface area contributed by atoms with E-state index >= 15 is 0 Å². The van der Waals surface area contributed by atoms with Gasteiger partial charge in [0.15, 0.2) is 0 Å². The molecule has 0 spiro atoms. The van der Waals surface area contributed by atoms with Gasteiger partial charge in [-0.05, 0) is 44.5 Å². The van der Waals surface area contributed by atoms with Gasteiger partial charge in [0.2, 0.25) is 10.0 Å². The molecule has 1 aromatic rings. The molecule has 27 heavy (non-hydrogen) atoms. The molecule has 1 fully saturated rings. The Morgan fingerprint density at radius 3 is 2.56 bits per heavy atom. The average molecular weight is 398 g/mol. The summed E-state index contributed by atoms with van der Waals surface area (Å²) in [4.78, 5) is 24.3. The van der Waals surface area contributed by atoms with E-state index in [0.29, 0.717) is 31.5 Å². The Hall–Kier alpha value is -1.97. The number of ether oxygens (including phenoxy) is 1. The van der Waals surface area contributed by atoms with Gasteiger partial charge in [-0.3, -0.25) is 14.5 Å². The number of aliphatic carboxylic acids is 1. The number of hydrogen-bond donors (Lipinski definition) is 1. The molecule has 9 heteroatoms. The standard InChI is InChI=1S/C18H26N2O6S/c1-3-26-18(23)12-14-5-4-6-16(11-14)27(24,25)20-9-7-15(8-10-20)19(2)13-17(21)22/h4-6,11,15H,3,7-10,12-13H2,1-2H3,(H,21,22). The van der Waals surface area contributed by atoms with E-state index in [1.54, 1.807) is 31.0 Å². The van der Waals surface area contributed by atoms with Crippen molar-refractivity contribution in [2.24, 2.45) is 0 Å². The van der Waals surface area contributed by atoms with Gasteiger partial charge in [-0.25, -0.2) is 8.42 Å². The highest BCUT2D eigenvalue weighted by Gasteiger charge is 2.31. The van der Waals surface area contributed by atoms with Crippen LogP contribution in [0, 0.1) is 0 Å². The molecular formula is C18H26N2O6S. The van der Waals surface area contributed by atoms with E-state index < -0.39 is 22.0 Å². The van der Waals surface area contributed by atoms with Crippen molar-refractivity contribution in [1.82, 2.24) is 9.21 Å². The molecule has 1 aliphatic rings. The first-order valence-electron chi connectivity index (χ1n) is 8.90. The van der Waals surface area contributed by atoms with Crippen molar-refractivity contribution in [3.63, 3.8) is 0 Å². The van der Waals surface area contributed by atoms with Crippen molar-refractivity contribution in [1.29, 1.82) is 0 Å². The fraction of sp³-hybridized carbons (Fsp3) is 0.556. The molecule has 0 atom stereocenters. The molecule has 0 aromatic heterocycles. The number of nitrogens with zero attached hydrogens (tertiary/aromatic N) is 2. The summed E-state index contributed by atoms with van der Waals surface area (Å²) in [7, 11) is -1.92. The number of benzene rings is 1. The van der Waals surface area contributed by atoms with Crippen molar-refractivity contribution in [2.45, 2.75) is 37.1 Å². The number of hydrogen-bond acceptors (Lipinski definition) is 6. The number of carboxylic acid groups (broad SMARTS) is 1. The van der Waals surface area contributed by atoms with Crippen LogP contribution in [0.5, 0.6) is 0 Å². The summed E-state index contributed by atoms with van der Waals surface area (Å²) < 4.78 is 32.1. The predicted molar refractivity (Wildman–Crippen MR) is 98.8 cm³/mol. The Labute approximate surface area is 159 Å². The lowest BCUT2D eigenvalue weighted by Gasteiger charge is -2.35. The van der Waals surface area contributed by atoms with Gasteiger partial charge in [0.25, 0.3) is 0 Å². The molecule has 2 rings (SSSR count). The van der Waals surface area contributed by atoms with Crippen molar-refractivity contribution < 1.29 is 27.9 Å². The smallest absolute Gasteiger partial charge is 0.317 e. The van der Waals surface area contributed by atoms with E-state index in [-0.39, 0.29) is 30.5 Å². The maximum Gasteiger partial charge on any atom is 0.317 e. The third-order valence-corrected chi connectivity index (χ3v) is 6.52. The van der Waals surface area contributed by atoms with Crippen molar-refractivity contribution in [3.05, 3.63) is 29.8 Å². The van der Waals surface area contributed by atoms with Gasteiger partial charge in [-0.2, -0.15) is 4.31 Å². The van der Waals surface area contributed by atoms with Crippen LogP contribution in [0.4, 0.5) is 0 Å². The number of likely N-dealkylation sites (N-methyl/N-ethyl adjacent to an activating group) is 1. The second-order valence-electron chi connectivity index (χ2n) is 6.57. The fourth-order valence-electron chi connectivity index (χ4n) is 3.21. The summed E-state index contributed by atoms with van der Waals surface area (Å²) in [6.45, 7) is 2.60. The molecule has 1 aromatic carbocycles. The Bertz CT molecular complexity index is 772. The minimum absolute atomic E-state index is 0.0270. The maximum absolute atomic E-state index is 12.9. The third-order valence-electron chi connectivity index (χ3n) is 4.62. The molecule has 1 N–H and O–H groups in total. The number of sulfonamides is 1. The number of piperidine rings is 1. The van der Waals surface area contributed by atoms with Crippen LogP contribution < -0.4 is 0 Å². The SMILES string of the molecule is CCOC(=O)Cc1cccc(S(=O)(=O)N2CCC(N(C)CC(=O)O)CC2)c1. The van der Waals surface area contributed by atoms with Gasteiger partial charge < -0.3 is 9.84 Å². The number of esters is 1. The predicted octanol–water partition coefficient (Wildman–Crippen LogP) is 0.962. The molecule has 8 nitrogen and oxygen atoms in total. The Kier molecular flexibility index (Phi) is 7.34. The van der Waals surface area contributed by atoms with Gasteiger partial charge in [0.05, 0.1) is 24.5 Å². The Morgan fingerprint density at radius 1 is 1.30 bits per heavy atom. The minimum Gasteiger partial charge on any atom is -0.480 e. The van der Waals surface area contributed by atoms with E-state index in [0.717, 1.165) is 0 Å². The van der Waals surface area contributed by atoms with E-state index in [1.165, 1.54) is 16.4 Å². The lowest BCUT2D eigenvalue weighted by molar-refractivity contribution is -0.142. The zero-order valence-electron chi connectivity index (χ0n) is 15.6. The van der Waals surface area contributed by atoms with Crippen LogP contribution in [-0.2, 0) is 30.8 Å². The molecule has 0 bridgehead atoms. The van der Waals surface area contributed by atoms with E-state index in [1.807, 2.05) is 0 Å². The third kappa shape index (κ3) is 5.75. The van der Waals surface area contributed by atoms with E-state index in [2.05, 4.69) is 0 Å². The highest BCUT2D eigenvalue weighted by molar-refractivity contribution is 7.89. The van der Waals surface area contributed by atoms with Crippen LogP contribution in [0.25, 0.3) is 0 Å². The summed E-state index contributed by atoms with van der Waals surface area (Å²) in [6, 6.07) is 6.39. The van der Waals surface area contributed by atoms with Gasteiger partial charge in [-0.1, -0.05) is 12.1 Å². The molecule has 0 saturated carbocycles. The first kappa shape index (κ1) is 21.3. The zero-order valence-corrected chi connectivity index (χ0v) is 16.4. The summed E-state index contributed by atoms with van der Waals surface area (Å²) in [5.74, 6) is -1.29. The van der Waals surface area contributed by atoms with Crippen LogP contribution in [0.1, 0.15) is 25.3 Å². The minimum atomic E-state index is -3.66. The zero-order chi connectivity index (χ0) is 20.0. The topological polar surface area (TPSA) is 104 Å². The van der Waals surface area contributed by atoms with Gasteiger partial charge in [0, 0.05) is 19.1 Å². The second kappa shape index (κ2) is 9.29. The molecule has 1 aliphatic heterocycles. The van der Waals surface area contributed by atoms with Gasteiger partial charge >= 0.3 is 11.9 Å². The number of carboxylic acids is 1. The summed E-state index contributed by atoms with van der Waals surface area (Å²) in [5.41, 5.74) is 0.589. The average Bonchev–Trinajstić information content (AvgIpc) is 2.61. The highest BCUT2D eigenvalue weighted by atomic mass is 32.2.